The molecule has 0 radical (unpaired) electrons. The molecule has 2 rings (SSSR count). The van der Waals surface area contributed by atoms with Crippen LogP contribution in [0.3, 0.4) is 0 Å². The van der Waals surface area contributed by atoms with Crippen molar-refractivity contribution in [3.05, 3.63) is 35.9 Å². The predicted octanol–water partition coefficient (Wildman–Crippen LogP) is 2.49. The van der Waals surface area contributed by atoms with Crippen LogP contribution in [0.1, 0.15) is 31.7 Å². The van der Waals surface area contributed by atoms with Crippen molar-refractivity contribution in [2.45, 2.75) is 26.2 Å². The van der Waals surface area contributed by atoms with Gasteiger partial charge in [-0.2, -0.15) is 0 Å². The van der Waals surface area contributed by atoms with Crippen LogP contribution in [0.4, 0.5) is 0 Å². The fraction of sp³-hybridized carbons (Fsp3) is 0.600. The van der Waals surface area contributed by atoms with Gasteiger partial charge in [0.05, 0.1) is 0 Å². The van der Waals surface area contributed by atoms with Crippen LogP contribution in [-0.2, 0) is 0 Å². The van der Waals surface area contributed by atoms with Crippen molar-refractivity contribution in [1.29, 1.82) is 0 Å². The first-order chi connectivity index (χ1) is 8.11. The molecule has 2 heteroatoms. The van der Waals surface area contributed by atoms with Crippen LogP contribution >= 0.6 is 0 Å². The maximum absolute atomic E-state index is 9.02. The standard InChI is InChI=1S/C15H23NO/c1-15(2,8-9-17)12-16-10-14(11-16)13-6-4-3-5-7-13/h3-7,14,17H,8-12H2,1-2H3. The van der Waals surface area contributed by atoms with Gasteiger partial charge in [0.15, 0.2) is 0 Å². The molecule has 0 bridgehead atoms. The summed E-state index contributed by atoms with van der Waals surface area (Å²) in [7, 11) is 0. The Labute approximate surface area is 104 Å². The molecule has 94 valence electrons. The zero-order chi connectivity index (χ0) is 12.3. The second-order valence-corrected chi connectivity index (χ2v) is 5.94. The first kappa shape index (κ1) is 12.6. The van der Waals surface area contributed by atoms with Gasteiger partial charge in [-0.05, 0) is 17.4 Å². The maximum Gasteiger partial charge on any atom is 0.0436 e. The largest absolute Gasteiger partial charge is 0.396 e. The van der Waals surface area contributed by atoms with Crippen LogP contribution in [0.2, 0.25) is 0 Å². The van der Waals surface area contributed by atoms with Gasteiger partial charge in [-0.1, -0.05) is 44.2 Å². The Morgan fingerprint density at radius 1 is 1.24 bits per heavy atom. The van der Waals surface area contributed by atoms with E-state index >= 15 is 0 Å². The molecule has 0 unspecified atom stereocenters. The first-order valence-corrected chi connectivity index (χ1v) is 6.49. The molecule has 17 heavy (non-hydrogen) atoms. The molecule has 1 aliphatic rings. The average Bonchev–Trinajstić information content (AvgIpc) is 2.24. The highest BCUT2D eigenvalue weighted by molar-refractivity contribution is 5.22. The summed E-state index contributed by atoms with van der Waals surface area (Å²) in [5.74, 6) is 0.709. The summed E-state index contributed by atoms with van der Waals surface area (Å²) in [6.07, 6.45) is 0.888. The molecule has 0 amide bonds. The van der Waals surface area contributed by atoms with E-state index in [2.05, 4.69) is 49.1 Å². The summed E-state index contributed by atoms with van der Waals surface area (Å²) < 4.78 is 0. The van der Waals surface area contributed by atoms with Crippen LogP contribution in [-0.4, -0.2) is 36.2 Å². The van der Waals surface area contributed by atoms with Gasteiger partial charge in [0.25, 0.3) is 0 Å². The van der Waals surface area contributed by atoms with Gasteiger partial charge in [0, 0.05) is 32.2 Å². The number of aliphatic hydroxyl groups excluding tert-OH is 1. The van der Waals surface area contributed by atoms with E-state index in [0.29, 0.717) is 12.5 Å². The van der Waals surface area contributed by atoms with E-state index in [1.807, 2.05) is 0 Å². The number of hydrogen-bond acceptors (Lipinski definition) is 2. The van der Waals surface area contributed by atoms with Crippen molar-refractivity contribution >= 4 is 0 Å². The molecule has 1 aromatic rings. The van der Waals surface area contributed by atoms with Crippen molar-refractivity contribution in [3.63, 3.8) is 0 Å². The Bertz CT molecular complexity index is 341. The molecule has 0 aromatic heterocycles. The maximum atomic E-state index is 9.02. The monoisotopic (exact) mass is 233 g/mol. The molecule has 1 fully saturated rings. The van der Waals surface area contributed by atoms with E-state index in [-0.39, 0.29) is 5.41 Å². The molecule has 1 heterocycles. The van der Waals surface area contributed by atoms with Gasteiger partial charge >= 0.3 is 0 Å². The van der Waals surface area contributed by atoms with Crippen LogP contribution in [0.15, 0.2) is 30.3 Å². The quantitative estimate of drug-likeness (QED) is 0.844. The predicted molar refractivity (Wildman–Crippen MR) is 71.1 cm³/mol. The average molecular weight is 233 g/mol. The van der Waals surface area contributed by atoms with Crippen molar-refractivity contribution in [2.75, 3.05) is 26.2 Å². The van der Waals surface area contributed by atoms with Gasteiger partial charge in [0.1, 0.15) is 0 Å². The smallest absolute Gasteiger partial charge is 0.0436 e. The summed E-state index contributed by atoms with van der Waals surface area (Å²) in [5.41, 5.74) is 1.69. The van der Waals surface area contributed by atoms with E-state index in [0.717, 1.165) is 13.0 Å². The number of aliphatic hydroxyl groups is 1. The third-order valence-corrected chi connectivity index (χ3v) is 3.67. The van der Waals surface area contributed by atoms with Gasteiger partial charge in [0.2, 0.25) is 0 Å². The summed E-state index contributed by atoms with van der Waals surface area (Å²) in [4.78, 5) is 2.49. The lowest BCUT2D eigenvalue weighted by atomic mass is 9.85. The second kappa shape index (κ2) is 5.19. The Kier molecular flexibility index (Phi) is 3.85. The fourth-order valence-corrected chi connectivity index (χ4v) is 2.62. The van der Waals surface area contributed by atoms with E-state index in [1.54, 1.807) is 0 Å². The minimum atomic E-state index is 0.233. The van der Waals surface area contributed by atoms with E-state index in [4.69, 9.17) is 5.11 Å². The highest BCUT2D eigenvalue weighted by Gasteiger charge is 2.31. The van der Waals surface area contributed by atoms with Crippen LogP contribution in [0, 0.1) is 5.41 Å². The molecule has 0 saturated carbocycles. The van der Waals surface area contributed by atoms with Crippen molar-refractivity contribution in [3.8, 4) is 0 Å². The summed E-state index contributed by atoms with van der Waals surface area (Å²) in [6.45, 7) is 8.19. The SMILES string of the molecule is CC(C)(CCO)CN1CC(c2ccccc2)C1. The second-order valence-electron chi connectivity index (χ2n) is 5.94. The zero-order valence-electron chi connectivity index (χ0n) is 10.9. The van der Waals surface area contributed by atoms with Gasteiger partial charge in [-0.15, -0.1) is 0 Å². The molecule has 2 nitrogen and oxygen atoms in total. The molecule has 0 aliphatic carbocycles. The molecule has 0 spiro atoms. The summed E-state index contributed by atoms with van der Waals surface area (Å²) >= 11 is 0. The zero-order valence-corrected chi connectivity index (χ0v) is 10.9. The third-order valence-electron chi connectivity index (χ3n) is 3.67. The topological polar surface area (TPSA) is 23.5 Å². The Morgan fingerprint density at radius 3 is 2.47 bits per heavy atom. The molecule has 1 aromatic carbocycles. The van der Waals surface area contributed by atoms with Crippen molar-refractivity contribution in [1.82, 2.24) is 4.90 Å². The van der Waals surface area contributed by atoms with Gasteiger partial charge in [-0.25, -0.2) is 0 Å². The highest BCUT2D eigenvalue weighted by atomic mass is 16.3. The van der Waals surface area contributed by atoms with Crippen LogP contribution < -0.4 is 0 Å². The van der Waals surface area contributed by atoms with E-state index < -0.39 is 0 Å². The van der Waals surface area contributed by atoms with E-state index in [1.165, 1.54) is 18.7 Å². The summed E-state index contributed by atoms with van der Waals surface area (Å²) in [5, 5.41) is 9.02. The number of likely N-dealkylation sites (tertiary alicyclic amines) is 1. The Hall–Kier alpha value is -0.860. The molecule has 1 aliphatic heterocycles. The molecular weight excluding hydrogens is 210 g/mol. The highest BCUT2D eigenvalue weighted by Crippen LogP contribution is 2.31. The normalized spacial score (nSPS) is 18.1. The Morgan fingerprint density at radius 2 is 1.88 bits per heavy atom. The first-order valence-electron chi connectivity index (χ1n) is 6.49. The number of hydrogen-bond donors (Lipinski definition) is 1. The van der Waals surface area contributed by atoms with Crippen molar-refractivity contribution in [2.24, 2.45) is 5.41 Å². The number of benzene rings is 1. The Balaban J connectivity index is 1.80. The van der Waals surface area contributed by atoms with Crippen LogP contribution in [0.25, 0.3) is 0 Å². The third kappa shape index (κ3) is 3.30. The van der Waals surface area contributed by atoms with Gasteiger partial charge in [-0.3, -0.25) is 0 Å². The van der Waals surface area contributed by atoms with Crippen LogP contribution in [0.5, 0.6) is 0 Å². The number of rotatable bonds is 5. The fourth-order valence-electron chi connectivity index (χ4n) is 2.62. The lowest BCUT2D eigenvalue weighted by Gasteiger charge is -2.43. The lowest BCUT2D eigenvalue weighted by molar-refractivity contribution is 0.0784. The van der Waals surface area contributed by atoms with Crippen molar-refractivity contribution < 1.29 is 5.11 Å². The molecule has 1 N–H and O–H groups in total. The lowest BCUT2D eigenvalue weighted by Crippen LogP contribution is -2.49. The molecule has 1 saturated heterocycles. The van der Waals surface area contributed by atoms with E-state index in [9.17, 15) is 0 Å². The number of nitrogens with zero attached hydrogens (tertiary/aromatic N) is 1. The molecular formula is C15H23NO. The minimum Gasteiger partial charge on any atom is -0.396 e. The molecule has 0 atom stereocenters. The summed E-state index contributed by atoms with van der Waals surface area (Å²) in [6, 6.07) is 10.8. The minimum absolute atomic E-state index is 0.233. The van der Waals surface area contributed by atoms with Gasteiger partial charge < -0.3 is 10.0 Å².